The minimum atomic E-state index is -4.19. The zero-order valence-electron chi connectivity index (χ0n) is 9.92. The monoisotopic (exact) mass is 261 g/mol. The number of nitrogens with zero attached hydrogens (tertiary/aromatic N) is 2. The molecule has 2 rings (SSSR count). The van der Waals surface area contributed by atoms with Gasteiger partial charge in [-0.25, -0.2) is 4.98 Å². The molecule has 1 aliphatic rings. The van der Waals surface area contributed by atoms with E-state index >= 15 is 0 Å². The van der Waals surface area contributed by atoms with Crippen LogP contribution in [-0.2, 0) is 0 Å². The van der Waals surface area contributed by atoms with Crippen molar-refractivity contribution in [1.82, 2.24) is 9.97 Å². The lowest BCUT2D eigenvalue weighted by Gasteiger charge is -2.34. The average molecular weight is 261 g/mol. The predicted molar refractivity (Wildman–Crippen MR) is 60.6 cm³/mol. The minimum absolute atomic E-state index is 0.126. The normalized spacial score (nSPS) is 21.1. The highest BCUT2D eigenvalue weighted by Gasteiger charge is 2.42. The molecule has 0 bridgehead atoms. The highest BCUT2D eigenvalue weighted by atomic mass is 19.4. The van der Waals surface area contributed by atoms with Crippen molar-refractivity contribution in [2.45, 2.75) is 25.9 Å². The summed E-state index contributed by atoms with van der Waals surface area (Å²) < 4.78 is 38.0. The van der Waals surface area contributed by atoms with Gasteiger partial charge in [-0.2, -0.15) is 13.2 Å². The Labute approximate surface area is 102 Å². The Morgan fingerprint density at radius 2 is 2.22 bits per heavy atom. The molecule has 100 valence electrons. The highest BCUT2D eigenvalue weighted by Crippen LogP contribution is 2.34. The van der Waals surface area contributed by atoms with Crippen molar-refractivity contribution in [2.24, 2.45) is 5.92 Å². The Morgan fingerprint density at radius 3 is 2.83 bits per heavy atom. The van der Waals surface area contributed by atoms with E-state index < -0.39 is 12.1 Å². The maximum Gasteiger partial charge on any atom is 0.393 e. The second-order valence-electron chi connectivity index (χ2n) is 4.52. The first-order chi connectivity index (χ1) is 8.36. The van der Waals surface area contributed by atoms with E-state index in [0.29, 0.717) is 24.6 Å². The number of hydrogen-bond donors (Lipinski definition) is 1. The van der Waals surface area contributed by atoms with E-state index in [1.165, 1.54) is 11.0 Å². The number of nitrogens with one attached hydrogen (secondary N) is 1. The van der Waals surface area contributed by atoms with Crippen LogP contribution in [0.25, 0.3) is 0 Å². The maximum atomic E-state index is 12.7. The summed E-state index contributed by atoms with van der Waals surface area (Å²) in [6, 6.07) is 1.24. The number of aromatic amines is 1. The van der Waals surface area contributed by atoms with Gasteiger partial charge < -0.3 is 9.88 Å². The average Bonchev–Trinajstić information content (AvgIpc) is 2.27. The molecule has 1 unspecified atom stereocenters. The molecule has 0 saturated carbocycles. The van der Waals surface area contributed by atoms with Crippen molar-refractivity contribution >= 4 is 5.82 Å². The smallest absolute Gasteiger partial charge is 0.356 e. The number of rotatable bonds is 1. The van der Waals surface area contributed by atoms with E-state index in [4.69, 9.17) is 0 Å². The van der Waals surface area contributed by atoms with Crippen molar-refractivity contribution in [2.75, 3.05) is 18.0 Å². The summed E-state index contributed by atoms with van der Waals surface area (Å²) in [6.45, 7) is 1.98. The van der Waals surface area contributed by atoms with Crippen LogP contribution in [0.15, 0.2) is 10.9 Å². The van der Waals surface area contributed by atoms with Gasteiger partial charge in [0.05, 0.1) is 5.92 Å². The molecule has 2 heterocycles. The summed E-state index contributed by atoms with van der Waals surface area (Å²) in [5.41, 5.74) is -0.341. The van der Waals surface area contributed by atoms with Crippen LogP contribution < -0.4 is 10.5 Å². The summed E-state index contributed by atoms with van der Waals surface area (Å²) >= 11 is 0. The summed E-state index contributed by atoms with van der Waals surface area (Å²) in [7, 11) is 0. The fraction of sp³-hybridized carbons (Fsp3) is 0.636. The number of anilines is 1. The Kier molecular flexibility index (Phi) is 3.32. The summed E-state index contributed by atoms with van der Waals surface area (Å²) in [6.07, 6.45) is -3.59. The first-order valence-electron chi connectivity index (χ1n) is 5.76. The van der Waals surface area contributed by atoms with Crippen LogP contribution in [0.3, 0.4) is 0 Å². The van der Waals surface area contributed by atoms with Crippen molar-refractivity contribution in [3.8, 4) is 0 Å². The number of hydrogen-bond acceptors (Lipinski definition) is 3. The van der Waals surface area contributed by atoms with Gasteiger partial charge in [0.2, 0.25) is 0 Å². The number of halogens is 3. The van der Waals surface area contributed by atoms with Gasteiger partial charge in [0.15, 0.2) is 0 Å². The van der Waals surface area contributed by atoms with Crippen LogP contribution in [0.2, 0.25) is 0 Å². The molecule has 1 aromatic rings. The molecule has 1 N–H and O–H groups in total. The van der Waals surface area contributed by atoms with E-state index in [0.717, 1.165) is 0 Å². The van der Waals surface area contributed by atoms with E-state index in [-0.39, 0.29) is 18.5 Å². The van der Waals surface area contributed by atoms with E-state index in [1.807, 2.05) is 0 Å². The quantitative estimate of drug-likeness (QED) is 0.839. The zero-order chi connectivity index (χ0) is 13.3. The van der Waals surface area contributed by atoms with Gasteiger partial charge in [-0.1, -0.05) is 0 Å². The van der Waals surface area contributed by atoms with Crippen LogP contribution in [-0.4, -0.2) is 29.2 Å². The van der Waals surface area contributed by atoms with Gasteiger partial charge in [0.1, 0.15) is 11.6 Å². The first-order valence-corrected chi connectivity index (χ1v) is 5.76. The fourth-order valence-corrected chi connectivity index (χ4v) is 2.18. The van der Waals surface area contributed by atoms with E-state index in [2.05, 4.69) is 9.97 Å². The SMILES string of the molecule is Cc1nc(N2CCCC(C(F)(F)F)C2)cc(=O)[nH]1. The predicted octanol–water partition coefficient (Wildman–Crippen LogP) is 1.86. The summed E-state index contributed by atoms with van der Waals surface area (Å²) in [5.74, 6) is -0.607. The molecule has 7 heteroatoms. The molecule has 0 radical (unpaired) electrons. The van der Waals surface area contributed by atoms with Crippen LogP contribution in [0.4, 0.5) is 19.0 Å². The molecule has 0 spiro atoms. The van der Waals surface area contributed by atoms with Crippen molar-refractivity contribution in [1.29, 1.82) is 0 Å². The number of alkyl halides is 3. The standard InChI is InChI=1S/C11H14F3N3O/c1-7-15-9(5-10(18)16-7)17-4-2-3-8(6-17)11(12,13)14/h5,8H,2-4,6H2,1H3,(H,15,16,18). The van der Waals surface area contributed by atoms with Gasteiger partial charge in [-0.3, -0.25) is 4.79 Å². The second kappa shape index (κ2) is 4.62. The molecular weight excluding hydrogens is 247 g/mol. The molecule has 4 nitrogen and oxygen atoms in total. The minimum Gasteiger partial charge on any atom is -0.356 e. The lowest BCUT2D eigenvalue weighted by molar-refractivity contribution is -0.176. The molecule has 1 saturated heterocycles. The molecule has 1 aromatic heterocycles. The Balaban J connectivity index is 2.20. The highest BCUT2D eigenvalue weighted by molar-refractivity contribution is 5.38. The van der Waals surface area contributed by atoms with Gasteiger partial charge in [-0.15, -0.1) is 0 Å². The molecule has 1 aliphatic heterocycles. The maximum absolute atomic E-state index is 12.7. The molecular formula is C11H14F3N3O. The van der Waals surface area contributed by atoms with Crippen LogP contribution in [0, 0.1) is 12.8 Å². The Hall–Kier alpha value is -1.53. The van der Waals surface area contributed by atoms with Gasteiger partial charge in [0.25, 0.3) is 5.56 Å². The lowest BCUT2D eigenvalue weighted by atomic mass is 9.97. The number of H-pyrrole nitrogens is 1. The number of aromatic nitrogens is 2. The largest absolute Gasteiger partial charge is 0.393 e. The number of aryl methyl sites for hydroxylation is 1. The third kappa shape index (κ3) is 2.83. The van der Waals surface area contributed by atoms with Crippen LogP contribution in [0.1, 0.15) is 18.7 Å². The summed E-state index contributed by atoms with van der Waals surface area (Å²) in [5, 5.41) is 0. The van der Waals surface area contributed by atoms with Crippen LogP contribution in [0.5, 0.6) is 0 Å². The molecule has 18 heavy (non-hydrogen) atoms. The van der Waals surface area contributed by atoms with E-state index in [1.54, 1.807) is 6.92 Å². The molecule has 1 atom stereocenters. The van der Waals surface area contributed by atoms with Crippen molar-refractivity contribution in [3.63, 3.8) is 0 Å². The molecule has 0 aromatic carbocycles. The van der Waals surface area contributed by atoms with Crippen LogP contribution >= 0.6 is 0 Å². The fourth-order valence-electron chi connectivity index (χ4n) is 2.18. The van der Waals surface area contributed by atoms with Crippen molar-refractivity contribution < 1.29 is 13.2 Å². The second-order valence-corrected chi connectivity index (χ2v) is 4.52. The Bertz CT molecular complexity index is 483. The molecule has 1 fully saturated rings. The molecule has 0 aliphatic carbocycles. The Morgan fingerprint density at radius 1 is 1.50 bits per heavy atom. The van der Waals surface area contributed by atoms with Gasteiger partial charge >= 0.3 is 6.18 Å². The third-order valence-corrected chi connectivity index (χ3v) is 3.05. The van der Waals surface area contributed by atoms with Gasteiger partial charge in [-0.05, 0) is 19.8 Å². The number of piperidine rings is 1. The first kappa shape index (κ1) is 12.9. The topological polar surface area (TPSA) is 49.0 Å². The lowest BCUT2D eigenvalue weighted by Crippen LogP contribution is -2.42. The van der Waals surface area contributed by atoms with E-state index in [9.17, 15) is 18.0 Å². The summed E-state index contributed by atoms with van der Waals surface area (Å²) in [4.78, 5) is 19.4. The third-order valence-electron chi connectivity index (χ3n) is 3.05. The molecule has 0 amide bonds. The van der Waals surface area contributed by atoms with Gasteiger partial charge in [0, 0.05) is 19.2 Å². The zero-order valence-corrected chi connectivity index (χ0v) is 9.92. The van der Waals surface area contributed by atoms with Crippen molar-refractivity contribution in [3.05, 3.63) is 22.2 Å².